The summed E-state index contributed by atoms with van der Waals surface area (Å²) in [5.74, 6) is 0.967. The summed E-state index contributed by atoms with van der Waals surface area (Å²) in [6.45, 7) is 14.1. The Morgan fingerprint density at radius 2 is 1.61 bits per heavy atom. The first-order valence-corrected chi connectivity index (χ1v) is 12.8. The fourth-order valence-corrected chi connectivity index (χ4v) is 5.76. The monoisotopic (exact) mass is 488 g/mol. The van der Waals surface area contributed by atoms with Gasteiger partial charge in [0.25, 0.3) is 5.91 Å². The van der Waals surface area contributed by atoms with Crippen LogP contribution in [0.2, 0.25) is 0 Å². The Labute approximate surface area is 215 Å². The van der Waals surface area contributed by atoms with Crippen LogP contribution in [0.15, 0.2) is 36.4 Å². The molecule has 1 amide bonds. The van der Waals surface area contributed by atoms with Gasteiger partial charge in [-0.3, -0.25) is 4.79 Å². The van der Waals surface area contributed by atoms with E-state index in [0.717, 1.165) is 29.8 Å². The summed E-state index contributed by atoms with van der Waals surface area (Å²) in [4.78, 5) is 12.4. The molecule has 0 fully saturated rings. The number of methoxy groups -OCH3 is 2. The lowest BCUT2D eigenvalue weighted by Crippen LogP contribution is -2.34. The number of fused-ring (bicyclic) bond motifs is 1. The predicted molar refractivity (Wildman–Crippen MR) is 146 cm³/mol. The second kappa shape index (κ2) is 9.34. The summed E-state index contributed by atoms with van der Waals surface area (Å²) in [6, 6.07) is 12.6. The quantitative estimate of drug-likeness (QED) is 0.411. The molecule has 1 aliphatic carbocycles. The second-order valence-corrected chi connectivity index (χ2v) is 11.3. The number of nitrogens with zero attached hydrogens (tertiary/aromatic N) is 1. The number of amides is 1. The zero-order valence-corrected chi connectivity index (χ0v) is 23.0. The molecule has 5 nitrogen and oxygen atoms in total. The Hall–Kier alpha value is -3.21. The summed E-state index contributed by atoms with van der Waals surface area (Å²) < 4.78 is 13.4. The molecule has 0 saturated heterocycles. The zero-order valence-electron chi connectivity index (χ0n) is 23.0. The molecule has 1 aliphatic rings. The van der Waals surface area contributed by atoms with Crippen molar-refractivity contribution in [3.05, 3.63) is 69.9 Å². The normalized spacial score (nSPS) is 15.9. The van der Waals surface area contributed by atoms with Crippen molar-refractivity contribution < 1.29 is 14.3 Å². The molecule has 3 aromatic rings. The van der Waals surface area contributed by atoms with Crippen molar-refractivity contribution in [1.82, 2.24) is 4.57 Å². The van der Waals surface area contributed by atoms with Crippen LogP contribution in [0.25, 0.3) is 11.3 Å². The van der Waals surface area contributed by atoms with Crippen molar-refractivity contribution in [1.29, 1.82) is 0 Å². The summed E-state index contributed by atoms with van der Waals surface area (Å²) in [7, 11) is 3.30. The minimum Gasteiger partial charge on any atom is -0.493 e. The third-order valence-corrected chi connectivity index (χ3v) is 8.18. The van der Waals surface area contributed by atoms with E-state index in [9.17, 15) is 4.79 Å². The van der Waals surface area contributed by atoms with Gasteiger partial charge in [-0.2, -0.15) is 0 Å². The van der Waals surface area contributed by atoms with E-state index < -0.39 is 5.91 Å². The number of para-hydroxylation sites is 1. The van der Waals surface area contributed by atoms with Crippen LogP contribution in [-0.4, -0.2) is 24.7 Å². The van der Waals surface area contributed by atoms with Crippen LogP contribution in [0.1, 0.15) is 85.8 Å². The number of hydrogen-bond donors (Lipinski definition) is 1. The largest absolute Gasteiger partial charge is 0.493 e. The number of ether oxygens (including phenoxy) is 2. The molecule has 0 radical (unpaired) electrons. The molecule has 0 bridgehead atoms. The van der Waals surface area contributed by atoms with Crippen molar-refractivity contribution in [3.8, 4) is 22.8 Å². The van der Waals surface area contributed by atoms with Gasteiger partial charge < -0.3 is 19.8 Å². The zero-order chi connectivity index (χ0) is 26.4. The lowest BCUT2D eigenvalue weighted by Gasteiger charge is -2.42. The number of benzene rings is 2. The highest BCUT2D eigenvalue weighted by Gasteiger charge is 2.38. The fourth-order valence-electron chi connectivity index (χ4n) is 5.76. The first-order valence-electron chi connectivity index (χ1n) is 12.8. The predicted octanol–water partition coefficient (Wildman–Crippen LogP) is 6.54. The molecule has 192 valence electrons. The summed E-state index contributed by atoms with van der Waals surface area (Å²) >= 11 is 0. The van der Waals surface area contributed by atoms with Crippen LogP contribution in [0, 0.1) is 6.92 Å². The molecule has 2 aromatic carbocycles. The van der Waals surface area contributed by atoms with Crippen molar-refractivity contribution >= 4 is 5.91 Å². The summed E-state index contributed by atoms with van der Waals surface area (Å²) in [5.41, 5.74) is 14.7. The molecule has 4 rings (SSSR count). The Morgan fingerprint density at radius 3 is 2.17 bits per heavy atom. The van der Waals surface area contributed by atoms with Gasteiger partial charge >= 0.3 is 0 Å². The number of hydrogen-bond acceptors (Lipinski definition) is 3. The molecule has 1 aromatic heterocycles. The Bertz CT molecular complexity index is 1310. The standard InChI is InChI=1S/C31H40N2O3/c1-9-20-15-24-25(31(5,6)14-13-30(24,3)4)16-23(20)26-17-22(29(32)34)19(2)33(26)18-21-11-10-12-27(35-7)28(21)36-8/h10-12,15-17H,9,13-14,18H2,1-8H3,(H2,32,34). The third kappa shape index (κ3) is 4.29. The lowest BCUT2D eigenvalue weighted by atomic mass is 9.62. The second-order valence-electron chi connectivity index (χ2n) is 11.3. The van der Waals surface area contributed by atoms with Gasteiger partial charge in [-0.15, -0.1) is 0 Å². The highest BCUT2D eigenvalue weighted by molar-refractivity contribution is 5.96. The molecular formula is C31H40N2O3. The maximum absolute atomic E-state index is 12.4. The van der Waals surface area contributed by atoms with Crippen molar-refractivity contribution in [2.24, 2.45) is 5.73 Å². The van der Waals surface area contributed by atoms with E-state index in [1.165, 1.54) is 28.7 Å². The van der Waals surface area contributed by atoms with Gasteiger partial charge in [0.1, 0.15) is 0 Å². The average Bonchev–Trinajstić information content (AvgIpc) is 3.17. The van der Waals surface area contributed by atoms with Crippen molar-refractivity contribution in [2.45, 2.75) is 78.2 Å². The SMILES string of the molecule is CCc1cc2c(cc1-c1cc(C(N)=O)c(C)n1Cc1cccc(OC)c1OC)C(C)(C)CCC2(C)C. The molecule has 0 atom stereocenters. The number of primary amides is 1. The molecular weight excluding hydrogens is 448 g/mol. The minimum atomic E-state index is -0.414. The number of rotatable bonds is 7. The van der Waals surface area contributed by atoms with E-state index >= 15 is 0 Å². The van der Waals surface area contributed by atoms with E-state index in [0.29, 0.717) is 23.6 Å². The summed E-state index contributed by atoms with van der Waals surface area (Å²) in [6.07, 6.45) is 3.22. The molecule has 5 heteroatoms. The van der Waals surface area contributed by atoms with Crippen LogP contribution < -0.4 is 15.2 Å². The average molecular weight is 489 g/mol. The van der Waals surface area contributed by atoms with Gasteiger partial charge in [-0.25, -0.2) is 0 Å². The van der Waals surface area contributed by atoms with E-state index in [4.69, 9.17) is 15.2 Å². The third-order valence-electron chi connectivity index (χ3n) is 8.18. The number of aryl methyl sites for hydroxylation is 1. The number of nitrogens with two attached hydrogens (primary N) is 1. The first kappa shape index (κ1) is 25.9. The molecule has 0 saturated carbocycles. The Balaban J connectivity index is 1.98. The minimum absolute atomic E-state index is 0.0842. The number of carbonyl (C=O) groups excluding carboxylic acids is 1. The number of carbonyl (C=O) groups is 1. The van der Waals surface area contributed by atoms with E-state index in [-0.39, 0.29) is 10.8 Å². The maximum Gasteiger partial charge on any atom is 0.250 e. The lowest BCUT2D eigenvalue weighted by molar-refractivity contribution is 0.0999. The Kier molecular flexibility index (Phi) is 6.72. The highest BCUT2D eigenvalue weighted by Crippen LogP contribution is 2.48. The fraction of sp³-hybridized carbons (Fsp3) is 0.452. The molecule has 2 N–H and O–H groups in total. The Morgan fingerprint density at radius 1 is 0.972 bits per heavy atom. The van der Waals surface area contributed by atoms with Crippen LogP contribution in [0.3, 0.4) is 0 Å². The van der Waals surface area contributed by atoms with Gasteiger partial charge in [-0.1, -0.05) is 52.8 Å². The van der Waals surface area contributed by atoms with E-state index in [2.05, 4.69) is 51.3 Å². The first-order chi connectivity index (χ1) is 16.9. The van der Waals surface area contributed by atoms with Gasteiger partial charge in [-0.05, 0) is 71.9 Å². The van der Waals surface area contributed by atoms with Crippen LogP contribution in [0.4, 0.5) is 0 Å². The van der Waals surface area contributed by atoms with E-state index in [1.54, 1.807) is 14.2 Å². The van der Waals surface area contributed by atoms with Crippen molar-refractivity contribution in [2.75, 3.05) is 14.2 Å². The smallest absolute Gasteiger partial charge is 0.250 e. The molecule has 0 spiro atoms. The van der Waals surface area contributed by atoms with Gasteiger partial charge in [0.05, 0.1) is 26.3 Å². The van der Waals surface area contributed by atoms with Gasteiger partial charge in [0.2, 0.25) is 0 Å². The van der Waals surface area contributed by atoms with Gasteiger partial charge in [0, 0.05) is 22.5 Å². The molecule has 36 heavy (non-hydrogen) atoms. The molecule has 1 heterocycles. The van der Waals surface area contributed by atoms with Crippen molar-refractivity contribution in [3.63, 3.8) is 0 Å². The van der Waals surface area contributed by atoms with Gasteiger partial charge in [0.15, 0.2) is 11.5 Å². The van der Waals surface area contributed by atoms with Crippen LogP contribution in [-0.2, 0) is 23.8 Å². The van der Waals surface area contributed by atoms with Crippen LogP contribution in [0.5, 0.6) is 11.5 Å². The molecule has 0 unspecified atom stereocenters. The summed E-state index contributed by atoms with van der Waals surface area (Å²) in [5, 5.41) is 0. The molecule has 0 aliphatic heterocycles. The van der Waals surface area contributed by atoms with Crippen LogP contribution >= 0.6 is 0 Å². The van der Waals surface area contributed by atoms with E-state index in [1.807, 2.05) is 31.2 Å². The topological polar surface area (TPSA) is 66.5 Å². The number of aromatic nitrogens is 1. The maximum atomic E-state index is 12.4. The highest BCUT2D eigenvalue weighted by atomic mass is 16.5.